The lowest BCUT2D eigenvalue weighted by Gasteiger charge is -2.33. The summed E-state index contributed by atoms with van der Waals surface area (Å²) in [6.07, 6.45) is 1.24. The van der Waals surface area contributed by atoms with E-state index in [1.165, 1.54) is 6.26 Å². The van der Waals surface area contributed by atoms with Crippen LogP contribution in [-0.4, -0.2) is 26.0 Å². The molecule has 0 bridgehead atoms. The zero-order chi connectivity index (χ0) is 12.0. The van der Waals surface area contributed by atoms with Gasteiger partial charge >= 0.3 is 0 Å². The molecule has 0 radical (unpaired) electrons. The number of fused-ring (bicyclic) bond motifs is 1. The third-order valence-electron chi connectivity index (χ3n) is 2.44. The first-order chi connectivity index (χ1) is 7.28. The molecule has 1 heterocycles. The Kier molecular flexibility index (Phi) is 2.70. The van der Waals surface area contributed by atoms with E-state index in [0.717, 1.165) is 16.3 Å². The smallest absolute Gasteiger partial charge is 0.175 e. The lowest BCUT2D eigenvalue weighted by molar-refractivity contribution is 0.601. The Balaban J connectivity index is 2.43. The number of anilines is 1. The van der Waals surface area contributed by atoms with Crippen LogP contribution in [-0.2, 0) is 9.84 Å². The molecule has 0 saturated carbocycles. The maximum absolute atomic E-state index is 11.4. The summed E-state index contributed by atoms with van der Waals surface area (Å²) >= 11 is 1.70. The molecule has 2 rings (SSSR count). The van der Waals surface area contributed by atoms with E-state index in [1.807, 2.05) is 6.07 Å². The van der Waals surface area contributed by atoms with Crippen molar-refractivity contribution in [3.63, 3.8) is 0 Å². The lowest BCUT2D eigenvalue weighted by Crippen LogP contribution is -2.36. The largest absolute Gasteiger partial charge is 0.378 e. The minimum atomic E-state index is -3.11. The van der Waals surface area contributed by atoms with Gasteiger partial charge in [-0.15, -0.1) is 11.8 Å². The van der Waals surface area contributed by atoms with Crippen molar-refractivity contribution in [1.82, 2.24) is 0 Å². The van der Waals surface area contributed by atoms with Crippen LogP contribution in [0.15, 0.2) is 28.0 Å². The fraction of sp³-hybridized carbons (Fsp3) is 0.455. The van der Waals surface area contributed by atoms with Gasteiger partial charge < -0.3 is 5.32 Å². The molecule has 1 aromatic rings. The Morgan fingerprint density at radius 1 is 1.38 bits per heavy atom. The number of sulfone groups is 1. The summed E-state index contributed by atoms with van der Waals surface area (Å²) in [4.78, 5) is 1.41. The molecule has 0 atom stereocenters. The molecule has 0 amide bonds. The van der Waals surface area contributed by atoms with Crippen LogP contribution in [0.4, 0.5) is 5.69 Å². The number of hydrogen-bond acceptors (Lipinski definition) is 4. The van der Waals surface area contributed by atoms with E-state index in [-0.39, 0.29) is 5.54 Å². The first kappa shape index (κ1) is 11.8. The second-order valence-corrected chi connectivity index (χ2v) is 7.76. The minimum Gasteiger partial charge on any atom is -0.378 e. The third kappa shape index (κ3) is 2.35. The number of thioether (sulfide) groups is 1. The quantitative estimate of drug-likeness (QED) is 0.839. The topological polar surface area (TPSA) is 46.2 Å². The van der Waals surface area contributed by atoms with Gasteiger partial charge in [-0.05, 0) is 32.0 Å². The number of hydrogen-bond donors (Lipinski definition) is 1. The van der Waals surface area contributed by atoms with Crippen molar-refractivity contribution in [2.24, 2.45) is 0 Å². The molecule has 0 fully saturated rings. The summed E-state index contributed by atoms with van der Waals surface area (Å²) in [5.74, 6) is 0.938. The van der Waals surface area contributed by atoms with E-state index < -0.39 is 9.84 Å². The van der Waals surface area contributed by atoms with E-state index in [2.05, 4.69) is 19.2 Å². The van der Waals surface area contributed by atoms with Crippen molar-refractivity contribution in [3.8, 4) is 0 Å². The zero-order valence-electron chi connectivity index (χ0n) is 9.57. The molecule has 3 nitrogen and oxygen atoms in total. The van der Waals surface area contributed by atoms with Gasteiger partial charge in [0.15, 0.2) is 9.84 Å². The van der Waals surface area contributed by atoms with Crippen LogP contribution in [0.5, 0.6) is 0 Å². The molecule has 1 aliphatic heterocycles. The minimum absolute atomic E-state index is 0.0598. The van der Waals surface area contributed by atoms with Gasteiger partial charge in [-0.2, -0.15) is 0 Å². The van der Waals surface area contributed by atoms with E-state index in [0.29, 0.717) is 4.90 Å². The Labute approximate surface area is 101 Å². The summed E-state index contributed by atoms with van der Waals surface area (Å²) < 4.78 is 22.8. The molecule has 16 heavy (non-hydrogen) atoms. The monoisotopic (exact) mass is 257 g/mol. The Morgan fingerprint density at radius 3 is 2.69 bits per heavy atom. The van der Waals surface area contributed by atoms with Crippen molar-refractivity contribution in [2.45, 2.75) is 29.2 Å². The van der Waals surface area contributed by atoms with E-state index in [9.17, 15) is 8.42 Å². The van der Waals surface area contributed by atoms with Crippen LogP contribution in [0.2, 0.25) is 0 Å². The van der Waals surface area contributed by atoms with Crippen LogP contribution in [0, 0.1) is 0 Å². The van der Waals surface area contributed by atoms with Crippen LogP contribution in [0.1, 0.15) is 13.8 Å². The number of nitrogens with one attached hydrogen (secondary N) is 1. The molecule has 5 heteroatoms. The van der Waals surface area contributed by atoms with Crippen molar-refractivity contribution in [3.05, 3.63) is 18.2 Å². The van der Waals surface area contributed by atoms with Gasteiger partial charge in [0.25, 0.3) is 0 Å². The first-order valence-corrected chi connectivity index (χ1v) is 7.91. The summed E-state index contributed by atoms with van der Waals surface area (Å²) in [7, 11) is -3.11. The molecule has 88 valence electrons. The molecule has 0 unspecified atom stereocenters. The Morgan fingerprint density at radius 2 is 2.06 bits per heavy atom. The highest BCUT2D eigenvalue weighted by Gasteiger charge is 2.25. The van der Waals surface area contributed by atoms with Gasteiger partial charge in [0.1, 0.15) is 0 Å². The highest BCUT2D eigenvalue weighted by Crippen LogP contribution is 2.38. The van der Waals surface area contributed by atoms with Crippen LogP contribution >= 0.6 is 11.8 Å². The summed E-state index contributed by atoms with van der Waals surface area (Å²) in [6, 6.07) is 5.25. The van der Waals surface area contributed by atoms with E-state index >= 15 is 0 Å². The maximum atomic E-state index is 11.4. The van der Waals surface area contributed by atoms with E-state index in [4.69, 9.17) is 0 Å². The molecular weight excluding hydrogens is 242 g/mol. The van der Waals surface area contributed by atoms with E-state index in [1.54, 1.807) is 23.9 Å². The van der Waals surface area contributed by atoms with Crippen LogP contribution in [0.25, 0.3) is 0 Å². The fourth-order valence-corrected chi connectivity index (χ4v) is 3.41. The second kappa shape index (κ2) is 3.67. The Hall–Kier alpha value is -0.680. The number of rotatable bonds is 1. The van der Waals surface area contributed by atoms with Crippen molar-refractivity contribution in [2.75, 3.05) is 17.3 Å². The summed E-state index contributed by atoms with van der Waals surface area (Å²) in [5, 5.41) is 3.40. The predicted octanol–water partition coefficient (Wildman–Crippen LogP) is 2.39. The summed E-state index contributed by atoms with van der Waals surface area (Å²) in [5.41, 5.74) is 1.08. The van der Waals surface area contributed by atoms with Gasteiger partial charge in [0.05, 0.1) is 4.90 Å². The molecule has 0 aliphatic carbocycles. The van der Waals surface area contributed by atoms with Gasteiger partial charge in [0, 0.05) is 28.1 Å². The zero-order valence-corrected chi connectivity index (χ0v) is 11.2. The predicted molar refractivity (Wildman–Crippen MR) is 68.0 cm³/mol. The van der Waals surface area contributed by atoms with Crippen LogP contribution in [0.3, 0.4) is 0 Å². The van der Waals surface area contributed by atoms with Gasteiger partial charge in [-0.25, -0.2) is 8.42 Å². The third-order valence-corrected chi connectivity index (χ3v) is 5.07. The average Bonchev–Trinajstić information content (AvgIpc) is 2.14. The molecule has 1 N–H and O–H groups in total. The highest BCUT2D eigenvalue weighted by molar-refractivity contribution is 7.99. The molecular formula is C11H15NO2S2. The van der Waals surface area contributed by atoms with Crippen LogP contribution < -0.4 is 5.32 Å². The molecule has 0 aromatic heterocycles. The SMILES string of the molecule is CC1(C)CSc2cc(S(C)(=O)=O)ccc2N1. The van der Waals surface area contributed by atoms with Crippen molar-refractivity contribution < 1.29 is 8.42 Å². The second-order valence-electron chi connectivity index (χ2n) is 4.73. The molecule has 1 aliphatic rings. The number of benzene rings is 1. The summed E-state index contributed by atoms with van der Waals surface area (Å²) in [6.45, 7) is 4.26. The fourth-order valence-electron chi connectivity index (χ4n) is 1.61. The lowest BCUT2D eigenvalue weighted by atomic mass is 10.1. The van der Waals surface area contributed by atoms with Gasteiger partial charge in [-0.3, -0.25) is 0 Å². The maximum Gasteiger partial charge on any atom is 0.175 e. The van der Waals surface area contributed by atoms with Gasteiger partial charge in [0.2, 0.25) is 0 Å². The Bertz CT molecular complexity index is 521. The van der Waals surface area contributed by atoms with Crippen molar-refractivity contribution in [1.29, 1.82) is 0 Å². The molecule has 0 spiro atoms. The highest BCUT2D eigenvalue weighted by atomic mass is 32.2. The molecule has 0 saturated heterocycles. The van der Waals surface area contributed by atoms with Gasteiger partial charge in [-0.1, -0.05) is 0 Å². The normalized spacial score (nSPS) is 18.7. The first-order valence-electron chi connectivity index (χ1n) is 5.03. The van der Waals surface area contributed by atoms with Crippen molar-refractivity contribution >= 4 is 27.3 Å². The molecule has 1 aromatic carbocycles. The average molecular weight is 257 g/mol. The standard InChI is InChI=1S/C11H15NO2S2/c1-11(2)7-15-10-6-8(16(3,13)14)4-5-9(10)12-11/h4-6,12H,7H2,1-3H3.